The number of pyridine rings is 2. The quantitative estimate of drug-likeness (QED) is 0.493. The number of amides is 1. The lowest BCUT2D eigenvalue weighted by Gasteiger charge is -2.30. The third-order valence-electron chi connectivity index (χ3n) is 5.56. The number of halogens is 1. The van der Waals surface area contributed by atoms with Gasteiger partial charge in [0.15, 0.2) is 11.5 Å². The molecule has 150 valence electrons. The normalized spacial score (nSPS) is 14.9. The lowest BCUT2D eigenvalue weighted by atomic mass is 9.95. The van der Waals surface area contributed by atoms with Crippen LogP contribution < -0.4 is 0 Å². The fourth-order valence-electron chi connectivity index (χ4n) is 3.92. The zero-order chi connectivity index (χ0) is 20.5. The molecule has 0 saturated carbocycles. The zero-order valence-electron chi connectivity index (χ0n) is 16.3. The number of benzene rings is 1. The van der Waals surface area contributed by atoms with Crippen LogP contribution in [0.1, 0.15) is 34.9 Å². The molecule has 7 heteroatoms. The summed E-state index contributed by atoms with van der Waals surface area (Å²) in [7, 11) is 0. The topological polar surface area (TPSA) is 63.4 Å². The summed E-state index contributed by atoms with van der Waals surface area (Å²) in [4.78, 5) is 23.5. The molecule has 30 heavy (non-hydrogen) atoms. The van der Waals surface area contributed by atoms with Gasteiger partial charge in [-0.15, -0.1) is 0 Å². The molecule has 0 spiro atoms. The molecule has 0 aliphatic carbocycles. The summed E-state index contributed by atoms with van der Waals surface area (Å²) in [5.41, 5.74) is 3.56. The van der Waals surface area contributed by atoms with Gasteiger partial charge in [-0.2, -0.15) is 5.10 Å². The maximum atomic E-state index is 12.7. The minimum absolute atomic E-state index is 0.0278. The first-order valence-electron chi connectivity index (χ1n) is 9.99. The smallest absolute Gasteiger partial charge is 0.253 e. The molecule has 6 nitrogen and oxygen atoms in total. The molecule has 0 atom stereocenters. The Balaban J connectivity index is 1.30. The van der Waals surface area contributed by atoms with E-state index in [1.54, 1.807) is 18.3 Å². The predicted octanol–water partition coefficient (Wildman–Crippen LogP) is 4.46. The maximum Gasteiger partial charge on any atom is 0.253 e. The molecule has 1 aliphatic heterocycles. The Hall–Kier alpha value is -3.25. The molecule has 5 rings (SSSR count). The van der Waals surface area contributed by atoms with Crippen LogP contribution in [0.3, 0.4) is 0 Å². The average molecular weight is 418 g/mol. The highest BCUT2D eigenvalue weighted by Gasteiger charge is 2.27. The predicted molar refractivity (Wildman–Crippen MR) is 116 cm³/mol. The first-order valence-corrected chi connectivity index (χ1v) is 10.4. The second kappa shape index (κ2) is 7.88. The Labute approximate surface area is 179 Å². The number of hydrogen-bond acceptors (Lipinski definition) is 4. The minimum atomic E-state index is 0.0278. The fourth-order valence-corrected chi connectivity index (χ4v) is 4.11. The Kier molecular flexibility index (Phi) is 4.93. The van der Waals surface area contributed by atoms with Crippen LogP contribution in [-0.4, -0.2) is 43.5 Å². The van der Waals surface area contributed by atoms with Gasteiger partial charge in [-0.05, 0) is 49.2 Å². The molecule has 1 amide bonds. The number of carbonyl (C=O) groups is 1. The summed E-state index contributed by atoms with van der Waals surface area (Å²) >= 11 is 6.03. The van der Waals surface area contributed by atoms with Crippen molar-refractivity contribution in [3.63, 3.8) is 0 Å². The van der Waals surface area contributed by atoms with Crippen molar-refractivity contribution in [2.45, 2.75) is 18.8 Å². The van der Waals surface area contributed by atoms with Gasteiger partial charge >= 0.3 is 0 Å². The minimum Gasteiger partial charge on any atom is -0.339 e. The number of likely N-dealkylation sites (tertiary alicyclic amines) is 1. The van der Waals surface area contributed by atoms with Crippen LogP contribution in [0, 0.1) is 0 Å². The number of fused-ring (bicyclic) bond motifs is 1. The van der Waals surface area contributed by atoms with Crippen LogP contribution in [0.5, 0.6) is 0 Å². The number of carbonyl (C=O) groups excluding carboxylic acids is 1. The molecule has 1 saturated heterocycles. The Morgan fingerprint density at radius 1 is 1.03 bits per heavy atom. The van der Waals surface area contributed by atoms with Gasteiger partial charge in [0, 0.05) is 59.3 Å². The maximum absolute atomic E-state index is 12.7. The van der Waals surface area contributed by atoms with Gasteiger partial charge in [-0.25, -0.2) is 9.50 Å². The molecular formula is C23H20ClN5O. The summed E-state index contributed by atoms with van der Waals surface area (Å²) in [6.45, 7) is 1.37. The molecule has 0 N–H and O–H groups in total. The molecular weight excluding hydrogens is 398 g/mol. The van der Waals surface area contributed by atoms with Crippen LogP contribution >= 0.6 is 11.6 Å². The van der Waals surface area contributed by atoms with E-state index >= 15 is 0 Å². The van der Waals surface area contributed by atoms with Gasteiger partial charge in [-0.1, -0.05) is 23.7 Å². The molecule has 0 unspecified atom stereocenters. The van der Waals surface area contributed by atoms with Gasteiger partial charge in [0.25, 0.3) is 5.91 Å². The number of aromatic nitrogens is 4. The number of piperidine rings is 1. The average Bonchev–Trinajstić information content (AvgIpc) is 3.23. The van der Waals surface area contributed by atoms with E-state index in [1.165, 1.54) is 0 Å². The van der Waals surface area contributed by atoms with Crippen LogP contribution in [0.25, 0.3) is 16.8 Å². The third kappa shape index (κ3) is 3.66. The summed E-state index contributed by atoms with van der Waals surface area (Å²) in [5.74, 6) is 1.11. The molecule has 4 heterocycles. The van der Waals surface area contributed by atoms with Gasteiger partial charge in [0.2, 0.25) is 0 Å². The van der Waals surface area contributed by atoms with Crippen molar-refractivity contribution >= 4 is 23.2 Å². The second-order valence-corrected chi connectivity index (χ2v) is 7.95. The Bertz CT molecular complexity index is 1200. The van der Waals surface area contributed by atoms with E-state index in [0.29, 0.717) is 23.7 Å². The highest BCUT2D eigenvalue weighted by molar-refractivity contribution is 6.30. The van der Waals surface area contributed by atoms with E-state index in [2.05, 4.69) is 4.98 Å². The summed E-state index contributed by atoms with van der Waals surface area (Å²) in [5, 5.41) is 5.31. The second-order valence-electron chi connectivity index (χ2n) is 7.51. The van der Waals surface area contributed by atoms with Crippen molar-refractivity contribution in [2.24, 2.45) is 0 Å². The number of hydrogen-bond donors (Lipinski definition) is 0. The molecule has 3 aromatic heterocycles. The van der Waals surface area contributed by atoms with Crippen molar-refractivity contribution < 1.29 is 4.79 Å². The van der Waals surface area contributed by atoms with Crippen molar-refractivity contribution in [1.29, 1.82) is 0 Å². The zero-order valence-corrected chi connectivity index (χ0v) is 17.0. The van der Waals surface area contributed by atoms with Gasteiger partial charge in [-0.3, -0.25) is 9.78 Å². The number of rotatable bonds is 3. The van der Waals surface area contributed by atoms with Crippen LogP contribution in [-0.2, 0) is 0 Å². The van der Waals surface area contributed by atoms with Gasteiger partial charge < -0.3 is 4.90 Å². The van der Waals surface area contributed by atoms with Crippen molar-refractivity contribution in [3.05, 3.63) is 83.5 Å². The van der Waals surface area contributed by atoms with Crippen molar-refractivity contribution in [2.75, 3.05) is 13.1 Å². The van der Waals surface area contributed by atoms with Crippen molar-refractivity contribution in [1.82, 2.24) is 24.5 Å². The van der Waals surface area contributed by atoms with E-state index in [4.69, 9.17) is 21.7 Å². The molecule has 1 aliphatic rings. The molecule has 0 radical (unpaired) electrons. The van der Waals surface area contributed by atoms with E-state index < -0.39 is 0 Å². The summed E-state index contributed by atoms with van der Waals surface area (Å²) in [6, 6.07) is 15.1. The van der Waals surface area contributed by atoms with Gasteiger partial charge in [0.05, 0.1) is 0 Å². The van der Waals surface area contributed by atoms with Gasteiger partial charge in [0.1, 0.15) is 0 Å². The Morgan fingerprint density at radius 2 is 1.90 bits per heavy atom. The van der Waals surface area contributed by atoms with E-state index in [0.717, 1.165) is 35.4 Å². The summed E-state index contributed by atoms with van der Waals surface area (Å²) in [6.07, 6.45) is 7.28. The van der Waals surface area contributed by atoms with Crippen LogP contribution in [0.4, 0.5) is 0 Å². The molecule has 4 aromatic rings. The fraction of sp³-hybridized carbons (Fsp3) is 0.217. The summed E-state index contributed by atoms with van der Waals surface area (Å²) < 4.78 is 1.83. The molecule has 0 bridgehead atoms. The highest BCUT2D eigenvalue weighted by atomic mass is 35.5. The SMILES string of the molecule is O=C(c1cccc(Cl)c1)N1CCC(c2nc3ccc(-c4cccnc4)cn3n2)CC1. The molecule has 1 aromatic carbocycles. The largest absolute Gasteiger partial charge is 0.339 e. The third-order valence-corrected chi connectivity index (χ3v) is 5.80. The monoisotopic (exact) mass is 417 g/mol. The van der Waals surface area contributed by atoms with E-state index in [-0.39, 0.29) is 11.8 Å². The first kappa shape index (κ1) is 18.8. The highest BCUT2D eigenvalue weighted by Crippen LogP contribution is 2.28. The van der Waals surface area contributed by atoms with Crippen LogP contribution in [0.15, 0.2) is 67.1 Å². The number of nitrogens with zero attached hydrogens (tertiary/aromatic N) is 5. The lowest BCUT2D eigenvalue weighted by molar-refractivity contribution is 0.0711. The van der Waals surface area contributed by atoms with E-state index in [9.17, 15) is 4.79 Å². The molecule has 1 fully saturated rings. The van der Waals surface area contributed by atoms with E-state index in [1.807, 2.05) is 58.2 Å². The standard InChI is InChI=1S/C23H20ClN5O/c24-20-5-1-3-17(13-20)23(30)28-11-8-16(9-12-28)22-26-21-7-6-19(15-29(21)27-22)18-4-2-10-25-14-18/h1-7,10,13-16H,8-9,11-12H2. The first-order chi connectivity index (χ1) is 14.7. The van der Waals surface area contributed by atoms with Crippen molar-refractivity contribution in [3.8, 4) is 11.1 Å². The lowest BCUT2D eigenvalue weighted by Crippen LogP contribution is -2.38. The Morgan fingerprint density at radius 3 is 2.67 bits per heavy atom. The van der Waals surface area contributed by atoms with Crippen LogP contribution in [0.2, 0.25) is 5.02 Å².